The fraction of sp³-hybridized carbons (Fsp3) is 0.714. The van der Waals surface area contributed by atoms with Crippen LogP contribution < -0.4 is 5.73 Å². The number of nitrogens with two attached hydrogens (primary N) is 1. The molecule has 1 aromatic rings. The molecule has 104 valence electrons. The molecule has 18 heavy (non-hydrogen) atoms. The molecule has 2 N–H and O–H groups in total. The van der Waals surface area contributed by atoms with Crippen LogP contribution in [0.4, 0.5) is 0 Å². The lowest BCUT2D eigenvalue weighted by Crippen LogP contribution is -2.46. The van der Waals surface area contributed by atoms with Gasteiger partial charge < -0.3 is 5.73 Å². The Kier molecular flexibility index (Phi) is 5.42. The second kappa shape index (κ2) is 6.04. The van der Waals surface area contributed by atoms with Crippen LogP contribution in [0.15, 0.2) is 15.9 Å². The van der Waals surface area contributed by atoms with E-state index in [0.29, 0.717) is 6.04 Å². The van der Waals surface area contributed by atoms with E-state index in [1.54, 1.807) is 11.3 Å². The Morgan fingerprint density at radius 2 is 1.83 bits per heavy atom. The van der Waals surface area contributed by atoms with Crippen LogP contribution in [0.2, 0.25) is 0 Å². The van der Waals surface area contributed by atoms with Gasteiger partial charge in [-0.05, 0) is 54.4 Å². The summed E-state index contributed by atoms with van der Waals surface area (Å²) in [6, 6.07) is 5.13. The first kappa shape index (κ1) is 16.2. The van der Waals surface area contributed by atoms with Crippen molar-refractivity contribution < 1.29 is 0 Å². The third-order valence-corrected chi connectivity index (χ3v) is 5.38. The molecule has 0 radical (unpaired) electrons. The van der Waals surface area contributed by atoms with E-state index in [1.165, 1.54) is 8.66 Å². The molecule has 0 spiro atoms. The number of hydrogen-bond donors (Lipinski definition) is 1. The quantitative estimate of drug-likeness (QED) is 0.892. The zero-order valence-electron chi connectivity index (χ0n) is 12.2. The van der Waals surface area contributed by atoms with Gasteiger partial charge in [0.05, 0.1) is 9.83 Å². The maximum atomic E-state index is 6.21. The van der Waals surface area contributed by atoms with Crippen molar-refractivity contribution in [3.05, 3.63) is 20.8 Å². The minimum absolute atomic E-state index is 0.116. The fourth-order valence-corrected chi connectivity index (χ4v) is 3.86. The summed E-state index contributed by atoms with van der Waals surface area (Å²) >= 11 is 5.31. The maximum Gasteiger partial charge on any atom is 0.0702 e. The van der Waals surface area contributed by atoms with Crippen LogP contribution in [-0.2, 0) is 0 Å². The molecule has 4 heteroatoms. The van der Waals surface area contributed by atoms with Gasteiger partial charge >= 0.3 is 0 Å². The van der Waals surface area contributed by atoms with Crippen LogP contribution in [0, 0.1) is 5.41 Å². The topological polar surface area (TPSA) is 29.3 Å². The van der Waals surface area contributed by atoms with Crippen LogP contribution in [0.1, 0.15) is 45.5 Å². The monoisotopic (exact) mass is 332 g/mol. The average Bonchev–Trinajstić information content (AvgIpc) is 2.61. The molecule has 0 aromatic carbocycles. The van der Waals surface area contributed by atoms with Crippen molar-refractivity contribution in [1.82, 2.24) is 4.90 Å². The second-order valence-electron chi connectivity index (χ2n) is 6.15. The van der Waals surface area contributed by atoms with Crippen molar-refractivity contribution >= 4 is 27.3 Å². The molecule has 3 atom stereocenters. The zero-order chi connectivity index (χ0) is 14.1. The smallest absolute Gasteiger partial charge is 0.0702 e. The highest BCUT2D eigenvalue weighted by molar-refractivity contribution is 9.11. The normalized spacial score (nSPS) is 17.8. The molecule has 0 fully saturated rings. The minimum atomic E-state index is 0.116. The lowest BCUT2D eigenvalue weighted by Gasteiger charge is -2.41. The van der Waals surface area contributed by atoms with Gasteiger partial charge in [-0.2, -0.15) is 0 Å². The van der Waals surface area contributed by atoms with E-state index in [1.807, 2.05) is 0 Å². The van der Waals surface area contributed by atoms with Gasteiger partial charge in [0.1, 0.15) is 0 Å². The van der Waals surface area contributed by atoms with Crippen molar-refractivity contribution in [1.29, 1.82) is 0 Å². The SMILES string of the molecule is CC(N)C(c1ccc(Br)s1)N(C)C(C)C(C)(C)C. The summed E-state index contributed by atoms with van der Waals surface area (Å²) in [6.07, 6.45) is 0. The van der Waals surface area contributed by atoms with E-state index in [9.17, 15) is 0 Å². The molecule has 0 saturated carbocycles. The summed E-state index contributed by atoms with van der Waals surface area (Å²) in [7, 11) is 2.18. The first-order chi connectivity index (χ1) is 8.14. The Morgan fingerprint density at radius 1 is 1.28 bits per heavy atom. The molecule has 2 nitrogen and oxygen atoms in total. The van der Waals surface area contributed by atoms with Crippen molar-refractivity contribution in [3.8, 4) is 0 Å². The largest absolute Gasteiger partial charge is 0.326 e. The highest BCUT2D eigenvalue weighted by Gasteiger charge is 2.31. The molecular weight excluding hydrogens is 308 g/mol. The molecule has 0 aliphatic rings. The van der Waals surface area contributed by atoms with Crippen LogP contribution in [0.25, 0.3) is 0 Å². The van der Waals surface area contributed by atoms with Crippen LogP contribution >= 0.6 is 27.3 Å². The van der Waals surface area contributed by atoms with E-state index in [4.69, 9.17) is 5.73 Å². The lowest BCUT2D eigenvalue weighted by atomic mass is 9.86. The van der Waals surface area contributed by atoms with Crippen molar-refractivity contribution in [3.63, 3.8) is 0 Å². The predicted molar refractivity (Wildman–Crippen MR) is 85.1 cm³/mol. The highest BCUT2D eigenvalue weighted by atomic mass is 79.9. The predicted octanol–water partition coefficient (Wildman–Crippen LogP) is 4.27. The first-order valence-electron chi connectivity index (χ1n) is 6.37. The van der Waals surface area contributed by atoms with E-state index < -0.39 is 0 Å². The molecule has 0 aliphatic heterocycles. The van der Waals surface area contributed by atoms with Crippen molar-refractivity contribution in [2.24, 2.45) is 11.1 Å². The summed E-state index contributed by atoms with van der Waals surface area (Å²) in [4.78, 5) is 3.73. The Labute approximate surface area is 124 Å². The van der Waals surface area contributed by atoms with E-state index in [-0.39, 0.29) is 17.5 Å². The molecule has 1 heterocycles. The maximum absolute atomic E-state index is 6.21. The molecule has 0 bridgehead atoms. The molecule has 0 amide bonds. The van der Waals surface area contributed by atoms with Crippen molar-refractivity contribution in [2.45, 2.75) is 52.7 Å². The molecule has 1 rings (SSSR count). The molecule has 3 unspecified atom stereocenters. The summed E-state index contributed by atoms with van der Waals surface area (Å²) in [5, 5.41) is 0. The van der Waals surface area contributed by atoms with Crippen LogP contribution in [0.5, 0.6) is 0 Å². The van der Waals surface area contributed by atoms with E-state index in [0.717, 1.165) is 0 Å². The van der Waals surface area contributed by atoms with Gasteiger partial charge in [0.15, 0.2) is 0 Å². The number of halogens is 1. The fourth-order valence-electron chi connectivity index (χ4n) is 2.17. The Hall–Kier alpha value is 0.1000. The number of thiophene rings is 1. The van der Waals surface area contributed by atoms with Gasteiger partial charge in [-0.25, -0.2) is 0 Å². The third kappa shape index (κ3) is 3.80. The Balaban J connectivity index is 2.99. The highest BCUT2D eigenvalue weighted by Crippen LogP contribution is 2.35. The Bertz CT molecular complexity index is 381. The number of rotatable bonds is 4. The summed E-state index contributed by atoms with van der Waals surface area (Å²) in [5.41, 5.74) is 6.46. The van der Waals surface area contributed by atoms with E-state index in [2.05, 4.69) is 74.6 Å². The summed E-state index contributed by atoms with van der Waals surface area (Å²) in [6.45, 7) is 11.2. The number of likely N-dealkylation sites (N-methyl/N-ethyl adjacent to an activating group) is 1. The summed E-state index contributed by atoms with van der Waals surface area (Å²) < 4.78 is 1.17. The van der Waals surface area contributed by atoms with Crippen molar-refractivity contribution in [2.75, 3.05) is 7.05 Å². The Morgan fingerprint density at radius 3 is 2.17 bits per heavy atom. The van der Waals surface area contributed by atoms with Gasteiger partial charge in [-0.3, -0.25) is 4.90 Å². The minimum Gasteiger partial charge on any atom is -0.326 e. The summed E-state index contributed by atoms with van der Waals surface area (Å²) in [5.74, 6) is 0. The van der Waals surface area contributed by atoms with Gasteiger partial charge in [0.2, 0.25) is 0 Å². The van der Waals surface area contributed by atoms with Gasteiger partial charge in [0.25, 0.3) is 0 Å². The van der Waals surface area contributed by atoms with Gasteiger partial charge in [-0.1, -0.05) is 20.8 Å². The molecule has 0 aliphatic carbocycles. The van der Waals surface area contributed by atoms with Gasteiger partial charge in [0, 0.05) is 17.0 Å². The van der Waals surface area contributed by atoms with Gasteiger partial charge in [-0.15, -0.1) is 11.3 Å². The third-order valence-electron chi connectivity index (χ3n) is 3.69. The number of hydrogen-bond acceptors (Lipinski definition) is 3. The standard InChI is InChI=1S/C14H25BrN2S/c1-9(16)13(11-7-8-12(15)18-11)17(6)10(2)14(3,4)5/h7-10,13H,16H2,1-6H3. The van der Waals surface area contributed by atoms with Crippen LogP contribution in [-0.4, -0.2) is 24.0 Å². The first-order valence-corrected chi connectivity index (χ1v) is 7.98. The molecule has 1 aromatic heterocycles. The second-order valence-corrected chi connectivity index (χ2v) is 8.65. The molecular formula is C14H25BrN2S. The lowest BCUT2D eigenvalue weighted by molar-refractivity contribution is 0.0883. The van der Waals surface area contributed by atoms with Crippen LogP contribution in [0.3, 0.4) is 0 Å². The van der Waals surface area contributed by atoms with E-state index >= 15 is 0 Å². The zero-order valence-corrected chi connectivity index (χ0v) is 14.6. The number of nitrogens with zero attached hydrogens (tertiary/aromatic N) is 1. The average molecular weight is 333 g/mol. The molecule has 0 saturated heterocycles.